The summed E-state index contributed by atoms with van der Waals surface area (Å²) in [6.45, 7) is 3.07. The van der Waals surface area contributed by atoms with E-state index in [1.807, 2.05) is 0 Å². The monoisotopic (exact) mass is 247 g/mol. The van der Waals surface area contributed by atoms with Crippen LogP contribution < -0.4 is 0 Å². The summed E-state index contributed by atoms with van der Waals surface area (Å²) in [4.78, 5) is 27.8. The lowest BCUT2D eigenvalue weighted by molar-refractivity contribution is -0.147. The SMILES string of the molecule is COC(=O)C(C)(C)C(=O)c1ccc2ncoc2c1. The van der Waals surface area contributed by atoms with E-state index in [0.29, 0.717) is 16.7 Å². The van der Waals surface area contributed by atoms with Crippen molar-refractivity contribution in [3.8, 4) is 0 Å². The Labute approximate surface area is 104 Å². The molecule has 0 atom stereocenters. The average molecular weight is 247 g/mol. The number of oxazole rings is 1. The zero-order valence-electron chi connectivity index (χ0n) is 10.4. The number of ether oxygens (including phenoxy) is 1. The molecule has 0 saturated carbocycles. The molecule has 94 valence electrons. The minimum absolute atomic E-state index is 0.312. The summed E-state index contributed by atoms with van der Waals surface area (Å²) in [5.74, 6) is -0.877. The predicted molar refractivity (Wildman–Crippen MR) is 64.1 cm³/mol. The van der Waals surface area contributed by atoms with Crippen LogP contribution in [0.3, 0.4) is 0 Å². The number of ketones is 1. The van der Waals surface area contributed by atoms with Gasteiger partial charge in [-0.1, -0.05) is 0 Å². The molecule has 18 heavy (non-hydrogen) atoms. The van der Waals surface area contributed by atoms with Crippen LogP contribution in [0.2, 0.25) is 0 Å². The van der Waals surface area contributed by atoms with E-state index in [4.69, 9.17) is 4.42 Å². The largest absolute Gasteiger partial charge is 0.468 e. The molecule has 2 aromatic rings. The number of hydrogen-bond acceptors (Lipinski definition) is 5. The van der Waals surface area contributed by atoms with E-state index in [2.05, 4.69) is 9.72 Å². The summed E-state index contributed by atoms with van der Waals surface area (Å²) in [5, 5.41) is 0. The van der Waals surface area contributed by atoms with E-state index >= 15 is 0 Å². The lowest BCUT2D eigenvalue weighted by Gasteiger charge is -2.19. The van der Waals surface area contributed by atoms with Crippen LogP contribution in [0.1, 0.15) is 24.2 Å². The summed E-state index contributed by atoms with van der Waals surface area (Å²) >= 11 is 0. The van der Waals surface area contributed by atoms with Crippen molar-refractivity contribution in [3.63, 3.8) is 0 Å². The van der Waals surface area contributed by atoms with Gasteiger partial charge in [-0.15, -0.1) is 0 Å². The molecule has 0 radical (unpaired) electrons. The number of benzene rings is 1. The molecule has 0 spiro atoms. The van der Waals surface area contributed by atoms with Gasteiger partial charge in [0.1, 0.15) is 10.9 Å². The summed E-state index contributed by atoms with van der Waals surface area (Å²) < 4.78 is 9.76. The van der Waals surface area contributed by atoms with Gasteiger partial charge < -0.3 is 9.15 Å². The van der Waals surface area contributed by atoms with Crippen molar-refractivity contribution in [2.45, 2.75) is 13.8 Å². The Kier molecular flexibility index (Phi) is 2.90. The van der Waals surface area contributed by atoms with Crippen LogP contribution >= 0.6 is 0 Å². The molecule has 0 aliphatic rings. The number of nitrogens with zero attached hydrogens (tertiary/aromatic N) is 1. The highest BCUT2D eigenvalue weighted by molar-refractivity contribution is 6.12. The Morgan fingerprint density at radius 2 is 2.06 bits per heavy atom. The molecule has 0 fully saturated rings. The first kappa shape index (κ1) is 12.3. The van der Waals surface area contributed by atoms with Crippen molar-refractivity contribution < 1.29 is 18.7 Å². The second-order valence-electron chi connectivity index (χ2n) is 4.48. The first-order valence-electron chi connectivity index (χ1n) is 5.43. The summed E-state index contributed by atoms with van der Waals surface area (Å²) in [5.41, 5.74) is 0.362. The van der Waals surface area contributed by atoms with Gasteiger partial charge in [-0.25, -0.2) is 4.98 Å². The fourth-order valence-corrected chi connectivity index (χ4v) is 1.71. The molecule has 0 N–H and O–H groups in total. The predicted octanol–water partition coefficient (Wildman–Crippen LogP) is 2.21. The van der Waals surface area contributed by atoms with Gasteiger partial charge in [-0.2, -0.15) is 0 Å². The lowest BCUT2D eigenvalue weighted by atomic mass is 9.84. The third-order valence-corrected chi connectivity index (χ3v) is 2.86. The van der Waals surface area contributed by atoms with Gasteiger partial charge in [0.25, 0.3) is 0 Å². The van der Waals surface area contributed by atoms with Gasteiger partial charge in [0.15, 0.2) is 17.8 Å². The highest BCUT2D eigenvalue weighted by atomic mass is 16.5. The molecule has 5 heteroatoms. The molecule has 0 amide bonds. The van der Waals surface area contributed by atoms with Crippen LogP contribution in [-0.2, 0) is 9.53 Å². The molecule has 1 heterocycles. The molecule has 0 bridgehead atoms. The fraction of sp³-hybridized carbons (Fsp3) is 0.308. The molecule has 0 saturated heterocycles. The molecule has 2 rings (SSSR count). The van der Waals surface area contributed by atoms with Crippen molar-refractivity contribution in [1.29, 1.82) is 0 Å². The van der Waals surface area contributed by atoms with Crippen LogP contribution in [0.5, 0.6) is 0 Å². The number of Topliss-reactive ketones (excluding diaryl/α,β-unsaturated/α-hetero) is 1. The smallest absolute Gasteiger partial charge is 0.319 e. The first-order valence-corrected chi connectivity index (χ1v) is 5.43. The van der Waals surface area contributed by atoms with Crippen molar-refractivity contribution in [3.05, 3.63) is 30.2 Å². The van der Waals surface area contributed by atoms with Gasteiger partial charge in [-0.05, 0) is 32.0 Å². The van der Waals surface area contributed by atoms with Gasteiger partial charge in [0.05, 0.1) is 7.11 Å². The average Bonchev–Trinajstić information content (AvgIpc) is 2.83. The Morgan fingerprint density at radius 1 is 1.33 bits per heavy atom. The van der Waals surface area contributed by atoms with Crippen LogP contribution in [0.15, 0.2) is 29.0 Å². The molecule has 0 aliphatic heterocycles. The number of carbonyl (C=O) groups is 2. The third-order valence-electron chi connectivity index (χ3n) is 2.86. The maximum absolute atomic E-state index is 12.3. The number of aromatic nitrogens is 1. The van der Waals surface area contributed by atoms with Crippen molar-refractivity contribution in [2.75, 3.05) is 7.11 Å². The minimum Gasteiger partial charge on any atom is -0.468 e. The third kappa shape index (κ3) is 1.88. The van der Waals surface area contributed by atoms with Gasteiger partial charge >= 0.3 is 5.97 Å². The Bertz CT molecular complexity index is 612. The normalized spacial score (nSPS) is 11.5. The second kappa shape index (κ2) is 4.25. The van der Waals surface area contributed by atoms with E-state index in [0.717, 1.165) is 0 Å². The van der Waals surface area contributed by atoms with Crippen LogP contribution in [0.4, 0.5) is 0 Å². The zero-order chi connectivity index (χ0) is 13.3. The van der Waals surface area contributed by atoms with E-state index < -0.39 is 11.4 Å². The number of rotatable bonds is 3. The van der Waals surface area contributed by atoms with Crippen LogP contribution in [0, 0.1) is 5.41 Å². The Hall–Kier alpha value is -2.17. The number of methoxy groups -OCH3 is 1. The van der Waals surface area contributed by atoms with E-state index in [-0.39, 0.29) is 5.78 Å². The quantitative estimate of drug-likeness (QED) is 0.472. The molecule has 0 unspecified atom stereocenters. The molecule has 0 aliphatic carbocycles. The van der Waals surface area contributed by atoms with Crippen molar-refractivity contribution in [1.82, 2.24) is 4.98 Å². The molecule has 5 nitrogen and oxygen atoms in total. The minimum atomic E-state index is -1.22. The molecular formula is C13H13NO4. The number of carbonyl (C=O) groups excluding carboxylic acids is 2. The summed E-state index contributed by atoms with van der Waals surface area (Å²) in [6.07, 6.45) is 1.31. The lowest BCUT2D eigenvalue weighted by Crippen LogP contribution is -2.34. The standard InChI is InChI=1S/C13H13NO4/c1-13(2,12(16)17-3)11(15)8-4-5-9-10(6-8)18-7-14-9/h4-7H,1-3H3. The Balaban J connectivity index is 2.41. The molecule has 1 aromatic carbocycles. The Morgan fingerprint density at radius 3 is 2.72 bits per heavy atom. The maximum atomic E-state index is 12.3. The topological polar surface area (TPSA) is 69.4 Å². The zero-order valence-corrected chi connectivity index (χ0v) is 10.4. The number of hydrogen-bond donors (Lipinski definition) is 0. The van der Waals surface area contributed by atoms with E-state index in [1.54, 1.807) is 18.2 Å². The maximum Gasteiger partial charge on any atom is 0.319 e. The van der Waals surface area contributed by atoms with Gasteiger partial charge in [0.2, 0.25) is 0 Å². The highest BCUT2D eigenvalue weighted by Crippen LogP contribution is 2.25. The van der Waals surface area contributed by atoms with E-state index in [1.165, 1.54) is 27.4 Å². The van der Waals surface area contributed by atoms with Crippen molar-refractivity contribution >= 4 is 22.9 Å². The van der Waals surface area contributed by atoms with Crippen LogP contribution in [-0.4, -0.2) is 23.8 Å². The highest BCUT2D eigenvalue weighted by Gasteiger charge is 2.37. The molecule has 1 aromatic heterocycles. The number of esters is 1. The first-order chi connectivity index (χ1) is 8.46. The van der Waals surface area contributed by atoms with Crippen LogP contribution in [0.25, 0.3) is 11.1 Å². The van der Waals surface area contributed by atoms with Gasteiger partial charge in [0, 0.05) is 5.56 Å². The van der Waals surface area contributed by atoms with E-state index in [9.17, 15) is 9.59 Å². The van der Waals surface area contributed by atoms with Crippen molar-refractivity contribution in [2.24, 2.45) is 5.41 Å². The second-order valence-corrected chi connectivity index (χ2v) is 4.48. The van der Waals surface area contributed by atoms with Gasteiger partial charge in [-0.3, -0.25) is 9.59 Å². The number of fused-ring (bicyclic) bond motifs is 1. The molecular weight excluding hydrogens is 234 g/mol. The fourth-order valence-electron chi connectivity index (χ4n) is 1.71. The summed E-state index contributed by atoms with van der Waals surface area (Å²) in [6, 6.07) is 4.88. The summed E-state index contributed by atoms with van der Waals surface area (Å²) in [7, 11) is 1.26.